The number of carbonyl (C=O) groups excluding carboxylic acids is 2. The normalized spacial score (nSPS) is 11.7. The summed E-state index contributed by atoms with van der Waals surface area (Å²) in [7, 11) is 1.73. The van der Waals surface area contributed by atoms with E-state index in [-0.39, 0.29) is 18.2 Å². The molecule has 7 heteroatoms. The van der Waals surface area contributed by atoms with Gasteiger partial charge in [0, 0.05) is 12.2 Å². The Morgan fingerprint density at radius 3 is 2.59 bits per heavy atom. The molecule has 0 heterocycles. The number of unbranched alkanes of at least 4 members (excludes halogenated alkanes) is 3. The van der Waals surface area contributed by atoms with E-state index in [2.05, 4.69) is 22.9 Å². The van der Waals surface area contributed by atoms with Gasteiger partial charge in [-0.25, -0.2) is 0 Å². The minimum atomic E-state index is -0.505. The molecular weight excluding hydrogens is 368 g/mol. The van der Waals surface area contributed by atoms with Crippen LogP contribution in [0.25, 0.3) is 0 Å². The number of nitrogens with one attached hydrogen (secondary N) is 3. The fraction of sp³-hybridized carbons (Fsp3) is 0.636. The van der Waals surface area contributed by atoms with Gasteiger partial charge in [0.15, 0.2) is 5.78 Å². The highest BCUT2D eigenvalue weighted by Gasteiger charge is 2.22. The Labute approximate surface area is 175 Å². The third kappa shape index (κ3) is 9.28. The second-order valence-corrected chi connectivity index (χ2v) is 7.10. The molecule has 0 aromatic heterocycles. The van der Waals surface area contributed by atoms with E-state index in [9.17, 15) is 9.59 Å². The lowest BCUT2D eigenvalue weighted by Gasteiger charge is -2.19. The fourth-order valence-electron chi connectivity index (χ4n) is 3.01. The van der Waals surface area contributed by atoms with Crippen LogP contribution in [0.1, 0.15) is 62.7 Å². The first-order valence-corrected chi connectivity index (χ1v) is 10.8. The molecule has 1 amide bonds. The van der Waals surface area contributed by atoms with Crippen molar-refractivity contribution in [3.05, 3.63) is 23.8 Å². The smallest absolute Gasteiger partial charge is 0.255 e. The van der Waals surface area contributed by atoms with Crippen LogP contribution in [-0.4, -0.2) is 51.0 Å². The zero-order valence-electron chi connectivity index (χ0n) is 18.2. The molecule has 164 valence electrons. The highest BCUT2D eigenvalue weighted by Crippen LogP contribution is 2.24. The van der Waals surface area contributed by atoms with Gasteiger partial charge in [-0.05, 0) is 64.4 Å². The number of Topliss-reactive ketones (excluding diaryl/α,β-unsaturated/α-hetero) is 1. The van der Waals surface area contributed by atoms with Gasteiger partial charge in [-0.3, -0.25) is 9.59 Å². The molecule has 0 saturated heterocycles. The van der Waals surface area contributed by atoms with Crippen LogP contribution in [0.3, 0.4) is 0 Å². The van der Waals surface area contributed by atoms with Crippen LogP contribution < -0.4 is 26.4 Å². The first-order valence-electron chi connectivity index (χ1n) is 10.8. The third-order valence-corrected chi connectivity index (χ3v) is 4.60. The first kappa shape index (κ1) is 24.9. The quantitative estimate of drug-likeness (QED) is 0.315. The summed E-state index contributed by atoms with van der Waals surface area (Å²) in [5.74, 6) is 0.237. The van der Waals surface area contributed by atoms with Crippen molar-refractivity contribution in [2.75, 3.05) is 38.6 Å². The minimum absolute atomic E-state index is 0.0126. The first-order chi connectivity index (χ1) is 14.1. The molecule has 5 N–H and O–H groups in total. The number of hydrogen-bond donors (Lipinski definition) is 4. The van der Waals surface area contributed by atoms with Crippen molar-refractivity contribution in [3.63, 3.8) is 0 Å². The Hall–Kier alpha value is -2.12. The van der Waals surface area contributed by atoms with E-state index in [1.54, 1.807) is 13.1 Å². The molecule has 0 spiro atoms. The summed E-state index contributed by atoms with van der Waals surface area (Å²) < 4.78 is 5.88. The highest BCUT2D eigenvalue weighted by atomic mass is 16.5. The molecule has 1 rings (SSSR count). The SMILES string of the molecule is CCCC[C@H](NC(=O)c1cc(NCC)ccc1OCCCCCN)C(=O)CNC. The maximum Gasteiger partial charge on any atom is 0.255 e. The van der Waals surface area contributed by atoms with Crippen LogP contribution in [0.4, 0.5) is 5.69 Å². The van der Waals surface area contributed by atoms with Crippen LogP contribution in [-0.2, 0) is 4.79 Å². The van der Waals surface area contributed by atoms with E-state index in [1.807, 2.05) is 19.1 Å². The van der Waals surface area contributed by atoms with Crippen molar-refractivity contribution in [2.45, 2.75) is 58.4 Å². The lowest BCUT2D eigenvalue weighted by atomic mass is 10.0. The second-order valence-electron chi connectivity index (χ2n) is 7.10. The largest absolute Gasteiger partial charge is 0.493 e. The van der Waals surface area contributed by atoms with Crippen LogP contribution in [0.15, 0.2) is 18.2 Å². The molecule has 0 fully saturated rings. The number of carbonyl (C=O) groups is 2. The minimum Gasteiger partial charge on any atom is -0.493 e. The summed E-state index contributed by atoms with van der Waals surface area (Å²) in [6.07, 6.45) is 5.31. The summed E-state index contributed by atoms with van der Waals surface area (Å²) in [5.41, 5.74) is 6.82. The summed E-state index contributed by atoms with van der Waals surface area (Å²) in [4.78, 5) is 25.4. The maximum absolute atomic E-state index is 13.0. The molecule has 0 bridgehead atoms. The van der Waals surface area contributed by atoms with Crippen molar-refractivity contribution < 1.29 is 14.3 Å². The number of anilines is 1. The van der Waals surface area contributed by atoms with Crippen LogP contribution in [0.2, 0.25) is 0 Å². The van der Waals surface area contributed by atoms with Gasteiger partial charge in [-0.2, -0.15) is 0 Å². The van der Waals surface area contributed by atoms with Gasteiger partial charge in [0.2, 0.25) is 0 Å². The predicted molar refractivity (Wildman–Crippen MR) is 119 cm³/mol. The summed E-state index contributed by atoms with van der Waals surface area (Å²) >= 11 is 0. The van der Waals surface area contributed by atoms with Crippen LogP contribution in [0, 0.1) is 0 Å². The molecule has 1 aromatic rings. The van der Waals surface area contributed by atoms with E-state index in [0.29, 0.717) is 30.9 Å². The average Bonchev–Trinajstić information content (AvgIpc) is 2.71. The van der Waals surface area contributed by atoms with Gasteiger partial charge in [0.1, 0.15) is 5.75 Å². The molecule has 0 aliphatic carbocycles. The molecule has 0 radical (unpaired) electrons. The molecule has 1 aromatic carbocycles. The molecule has 29 heavy (non-hydrogen) atoms. The van der Waals surface area contributed by atoms with Gasteiger partial charge < -0.3 is 26.4 Å². The molecule has 0 aliphatic heterocycles. The number of hydrogen-bond acceptors (Lipinski definition) is 6. The number of ketones is 1. The lowest BCUT2D eigenvalue weighted by Crippen LogP contribution is -2.44. The third-order valence-electron chi connectivity index (χ3n) is 4.60. The van der Waals surface area contributed by atoms with E-state index in [0.717, 1.165) is 44.3 Å². The average molecular weight is 407 g/mol. The predicted octanol–water partition coefficient (Wildman–Crippen LogP) is 2.70. The van der Waals surface area contributed by atoms with E-state index in [1.165, 1.54) is 0 Å². The van der Waals surface area contributed by atoms with Gasteiger partial charge >= 0.3 is 0 Å². The second kappa shape index (κ2) is 14.8. The number of rotatable bonds is 16. The highest BCUT2D eigenvalue weighted by molar-refractivity contribution is 6.01. The molecule has 0 unspecified atom stereocenters. The molecular formula is C22H38N4O3. The van der Waals surface area contributed by atoms with Gasteiger partial charge in [-0.15, -0.1) is 0 Å². The number of amides is 1. The zero-order valence-corrected chi connectivity index (χ0v) is 18.2. The molecule has 7 nitrogen and oxygen atoms in total. The Bertz CT molecular complexity index is 622. The Balaban J connectivity index is 2.94. The Morgan fingerprint density at radius 2 is 1.93 bits per heavy atom. The summed E-state index contributed by atoms with van der Waals surface area (Å²) in [5, 5.41) is 9.01. The summed E-state index contributed by atoms with van der Waals surface area (Å²) in [6.45, 7) is 6.25. The summed E-state index contributed by atoms with van der Waals surface area (Å²) in [6, 6.07) is 4.99. The molecule has 1 atom stereocenters. The van der Waals surface area contributed by atoms with E-state index < -0.39 is 6.04 Å². The topological polar surface area (TPSA) is 105 Å². The van der Waals surface area contributed by atoms with E-state index >= 15 is 0 Å². The Morgan fingerprint density at radius 1 is 1.14 bits per heavy atom. The molecule has 0 aliphatic rings. The van der Waals surface area contributed by atoms with Crippen LogP contribution in [0.5, 0.6) is 5.75 Å². The van der Waals surface area contributed by atoms with Crippen molar-refractivity contribution >= 4 is 17.4 Å². The number of ether oxygens (including phenoxy) is 1. The molecule has 0 saturated carbocycles. The Kier molecular flexibility index (Phi) is 12.7. The van der Waals surface area contributed by atoms with Crippen LogP contribution >= 0.6 is 0 Å². The number of benzene rings is 1. The monoisotopic (exact) mass is 406 g/mol. The van der Waals surface area contributed by atoms with E-state index in [4.69, 9.17) is 10.5 Å². The van der Waals surface area contributed by atoms with Gasteiger partial charge in [0.25, 0.3) is 5.91 Å². The number of likely N-dealkylation sites (N-methyl/N-ethyl adjacent to an activating group) is 1. The van der Waals surface area contributed by atoms with Crippen molar-refractivity contribution in [1.82, 2.24) is 10.6 Å². The van der Waals surface area contributed by atoms with Gasteiger partial charge in [0.05, 0.1) is 24.8 Å². The standard InChI is InChI=1S/C22H38N4O3/c1-4-6-10-19(20(27)16-24-3)26-22(28)18-15-17(25-5-2)11-12-21(18)29-14-9-7-8-13-23/h11-12,15,19,24-25H,4-10,13-14,16,23H2,1-3H3,(H,26,28)/t19-/m0/s1. The van der Waals surface area contributed by atoms with Gasteiger partial charge in [-0.1, -0.05) is 19.8 Å². The van der Waals surface area contributed by atoms with Crippen molar-refractivity contribution in [2.24, 2.45) is 5.73 Å². The van der Waals surface area contributed by atoms with Crippen molar-refractivity contribution in [1.29, 1.82) is 0 Å². The fourth-order valence-corrected chi connectivity index (χ4v) is 3.01. The zero-order chi connectivity index (χ0) is 21.5. The number of nitrogens with two attached hydrogens (primary N) is 1. The van der Waals surface area contributed by atoms with Crippen molar-refractivity contribution in [3.8, 4) is 5.75 Å². The lowest BCUT2D eigenvalue weighted by molar-refractivity contribution is -0.120. The maximum atomic E-state index is 13.0.